The van der Waals surface area contributed by atoms with E-state index in [4.69, 9.17) is 0 Å². The Kier molecular flexibility index (Phi) is 4.88. The summed E-state index contributed by atoms with van der Waals surface area (Å²) in [4.78, 5) is 30.0. The summed E-state index contributed by atoms with van der Waals surface area (Å²) in [6, 6.07) is 7.52. The van der Waals surface area contributed by atoms with Crippen LogP contribution in [0.4, 0.5) is 5.82 Å². The molecule has 24 heavy (non-hydrogen) atoms. The topological polar surface area (TPSA) is 80.1 Å². The Morgan fingerprint density at radius 2 is 2.25 bits per heavy atom. The fraction of sp³-hybridized carbons (Fsp3) is 0.412. The van der Waals surface area contributed by atoms with Gasteiger partial charge in [0.25, 0.3) is 0 Å². The number of rotatable bonds is 6. The lowest BCUT2D eigenvalue weighted by Crippen LogP contribution is -2.38. The number of aryl methyl sites for hydroxylation is 2. The van der Waals surface area contributed by atoms with Crippen LogP contribution < -0.4 is 10.2 Å². The number of carbonyl (C=O) groups excluding carboxylic acids is 2. The fourth-order valence-corrected chi connectivity index (χ4v) is 2.80. The summed E-state index contributed by atoms with van der Waals surface area (Å²) in [6.07, 6.45) is 3.16. The highest BCUT2D eigenvalue weighted by Gasteiger charge is 2.25. The SMILES string of the molecule is Cc1cc2n(n1)CCC(=O)N2CCCC(=O)NCc1ccccn1. The first-order chi connectivity index (χ1) is 11.6. The maximum absolute atomic E-state index is 12.1. The molecule has 0 fully saturated rings. The minimum absolute atomic E-state index is 0.0326. The van der Waals surface area contributed by atoms with Crippen molar-refractivity contribution in [1.82, 2.24) is 20.1 Å². The summed E-state index contributed by atoms with van der Waals surface area (Å²) in [5, 5.41) is 7.23. The number of fused-ring (bicyclic) bond motifs is 1. The van der Waals surface area contributed by atoms with E-state index in [9.17, 15) is 9.59 Å². The third-order valence-corrected chi connectivity index (χ3v) is 3.97. The van der Waals surface area contributed by atoms with Crippen LogP contribution in [0.2, 0.25) is 0 Å². The molecule has 0 radical (unpaired) electrons. The molecule has 2 aromatic rings. The molecule has 126 valence electrons. The van der Waals surface area contributed by atoms with Crippen molar-refractivity contribution in [3.8, 4) is 0 Å². The van der Waals surface area contributed by atoms with Crippen molar-refractivity contribution in [1.29, 1.82) is 0 Å². The molecule has 1 aliphatic heterocycles. The molecule has 0 bridgehead atoms. The zero-order chi connectivity index (χ0) is 16.9. The van der Waals surface area contributed by atoms with Crippen molar-refractivity contribution in [2.75, 3.05) is 11.4 Å². The van der Waals surface area contributed by atoms with Crippen molar-refractivity contribution in [3.63, 3.8) is 0 Å². The highest BCUT2D eigenvalue weighted by atomic mass is 16.2. The van der Waals surface area contributed by atoms with Gasteiger partial charge < -0.3 is 5.32 Å². The Bertz CT molecular complexity index is 726. The van der Waals surface area contributed by atoms with E-state index < -0.39 is 0 Å². The Hall–Kier alpha value is -2.70. The number of amides is 2. The number of nitrogens with zero attached hydrogens (tertiary/aromatic N) is 4. The van der Waals surface area contributed by atoms with Gasteiger partial charge in [-0.25, -0.2) is 4.68 Å². The molecule has 7 heteroatoms. The van der Waals surface area contributed by atoms with Gasteiger partial charge in [-0.2, -0.15) is 5.10 Å². The van der Waals surface area contributed by atoms with Gasteiger partial charge in [0.2, 0.25) is 11.8 Å². The first-order valence-electron chi connectivity index (χ1n) is 8.15. The highest BCUT2D eigenvalue weighted by Crippen LogP contribution is 2.22. The summed E-state index contributed by atoms with van der Waals surface area (Å²) >= 11 is 0. The molecule has 0 spiro atoms. The number of hydrogen-bond acceptors (Lipinski definition) is 4. The van der Waals surface area contributed by atoms with Gasteiger partial charge in [-0.05, 0) is 25.5 Å². The molecule has 0 unspecified atom stereocenters. The summed E-state index contributed by atoms with van der Waals surface area (Å²) < 4.78 is 1.86. The zero-order valence-electron chi connectivity index (χ0n) is 13.7. The molecule has 3 heterocycles. The minimum atomic E-state index is -0.0326. The average Bonchev–Trinajstić information content (AvgIpc) is 2.96. The minimum Gasteiger partial charge on any atom is -0.350 e. The summed E-state index contributed by atoms with van der Waals surface area (Å²) in [5.74, 6) is 0.892. The Morgan fingerprint density at radius 3 is 3.04 bits per heavy atom. The molecule has 7 nitrogen and oxygen atoms in total. The summed E-state index contributed by atoms with van der Waals surface area (Å²) in [5.41, 5.74) is 1.73. The largest absolute Gasteiger partial charge is 0.350 e. The number of carbonyl (C=O) groups is 2. The van der Waals surface area contributed by atoms with E-state index in [0.29, 0.717) is 38.9 Å². The van der Waals surface area contributed by atoms with Gasteiger partial charge in [-0.15, -0.1) is 0 Å². The Morgan fingerprint density at radius 1 is 1.38 bits per heavy atom. The van der Waals surface area contributed by atoms with Crippen LogP contribution in [0.1, 0.15) is 30.7 Å². The smallest absolute Gasteiger partial charge is 0.229 e. The van der Waals surface area contributed by atoms with Gasteiger partial charge >= 0.3 is 0 Å². The van der Waals surface area contributed by atoms with Crippen LogP contribution in [0.25, 0.3) is 0 Å². The molecule has 0 aliphatic carbocycles. The quantitative estimate of drug-likeness (QED) is 0.870. The van der Waals surface area contributed by atoms with E-state index in [-0.39, 0.29) is 11.8 Å². The summed E-state index contributed by atoms with van der Waals surface area (Å²) in [7, 11) is 0. The molecule has 0 aromatic carbocycles. The first-order valence-corrected chi connectivity index (χ1v) is 8.15. The predicted octanol–water partition coefficient (Wildman–Crippen LogP) is 1.42. The van der Waals surface area contributed by atoms with Gasteiger partial charge in [0.15, 0.2) is 0 Å². The molecular formula is C17H21N5O2. The molecule has 2 amide bonds. The number of nitrogens with one attached hydrogen (secondary N) is 1. The highest BCUT2D eigenvalue weighted by molar-refractivity contribution is 5.93. The molecule has 0 saturated carbocycles. The van der Waals surface area contributed by atoms with E-state index in [0.717, 1.165) is 17.2 Å². The van der Waals surface area contributed by atoms with Crippen LogP contribution in [0.5, 0.6) is 0 Å². The molecule has 2 aromatic heterocycles. The molecule has 3 rings (SSSR count). The van der Waals surface area contributed by atoms with Crippen LogP contribution in [-0.4, -0.2) is 33.1 Å². The van der Waals surface area contributed by atoms with Crippen LogP contribution in [-0.2, 0) is 22.7 Å². The second-order valence-corrected chi connectivity index (χ2v) is 5.86. The zero-order valence-corrected chi connectivity index (χ0v) is 13.7. The van der Waals surface area contributed by atoms with Crippen molar-refractivity contribution in [2.45, 2.75) is 39.3 Å². The standard InChI is InChI=1S/C17H21N5O2/c1-13-11-16-21(17(24)7-10-22(16)20-13)9-4-6-15(23)19-12-14-5-2-3-8-18-14/h2-3,5,8,11H,4,6-7,9-10,12H2,1H3,(H,19,23). The molecular weight excluding hydrogens is 306 g/mol. The van der Waals surface area contributed by atoms with E-state index in [2.05, 4.69) is 15.4 Å². The van der Waals surface area contributed by atoms with Crippen LogP contribution in [0.15, 0.2) is 30.5 Å². The average molecular weight is 327 g/mol. The van der Waals surface area contributed by atoms with Crippen molar-refractivity contribution < 1.29 is 9.59 Å². The second-order valence-electron chi connectivity index (χ2n) is 5.86. The van der Waals surface area contributed by atoms with Crippen LogP contribution in [0, 0.1) is 6.92 Å². The van der Waals surface area contributed by atoms with Gasteiger partial charge in [-0.1, -0.05) is 6.07 Å². The van der Waals surface area contributed by atoms with Crippen molar-refractivity contribution >= 4 is 17.6 Å². The van der Waals surface area contributed by atoms with Gasteiger partial charge in [-0.3, -0.25) is 19.5 Å². The fourth-order valence-electron chi connectivity index (χ4n) is 2.80. The number of anilines is 1. The van der Waals surface area contributed by atoms with Gasteiger partial charge in [0, 0.05) is 31.6 Å². The normalized spacial score (nSPS) is 13.7. The molecule has 0 saturated heterocycles. The number of pyridine rings is 1. The number of hydrogen-bond donors (Lipinski definition) is 1. The third-order valence-electron chi connectivity index (χ3n) is 3.97. The Labute approximate surface area is 140 Å². The van der Waals surface area contributed by atoms with E-state index >= 15 is 0 Å². The van der Waals surface area contributed by atoms with Crippen LogP contribution in [0.3, 0.4) is 0 Å². The maximum Gasteiger partial charge on any atom is 0.229 e. The molecule has 0 atom stereocenters. The lowest BCUT2D eigenvalue weighted by molar-refractivity contribution is -0.122. The van der Waals surface area contributed by atoms with Crippen molar-refractivity contribution in [3.05, 3.63) is 41.9 Å². The van der Waals surface area contributed by atoms with E-state index in [1.165, 1.54) is 0 Å². The van der Waals surface area contributed by atoms with Gasteiger partial charge in [0.05, 0.1) is 24.5 Å². The summed E-state index contributed by atoms with van der Waals surface area (Å²) in [6.45, 7) is 3.50. The van der Waals surface area contributed by atoms with Gasteiger partial charge in [0.1, 0.15) is 5.82 Å². The number of aromatic nitrogens is 3. The van der Waals surface area contributed by atoms with E-state index in [1.807, 2.05) is 35.9 Å². The lowest BCUT2D eigenvalue weighted by atomic mass is 10.2. The lowest BCUT2D eigenvalue weighted by Gasteiger charge is -2.27. The first kappa shape index (κ1) is 16.2. The molecule has 1 N–H and O–H groups in total. The van der Waals surface area contributed by atoms with Crippen molar-refractivity contribution in [2.24, 2.45) is 0 Å². The third kappa shape index (κ3) is 3.79. The monoisotopic (exact) mass is 327 g/mol. The Balaban J connectivity index is 1.47. The van der Waals surface area contributed by atoms with Crippen LogP contribution >= 0.6 is 0 Å². The molecule has 1 aliphatic rings. The van der Waals surface area contributed by atoms with E-state index in [1.54, 1.807) is 11.1 Å². The second kappa shape index (κ2) is 7.25. The predicted molar refractivity (Wildman–Crippen MR) is 89.3 cm³/mol. The maximum atomic E-state index is 12.1.